The second-order valence-corrected chi connectivity index (χ2v) is 2.18. The number of alkyl halides is 1. The molecule has 0 amide bonds. The predicted molar refractivity (Wildman–Crippen MR) is 28.4 cm³/mol. The monoisotopic (exact) mass is 136 g/mol. The summed E-state index contributed by atoms with van der Waals surface area (Å²) in [6.07, 6.45) is 0. The van der Waals surface area contributed by atoms with E-state index in [1.54, 1.807) is 0 Å². The van der Waals surface area contributed by atoms with Gasteiger partial charge in [-0.25, -0.2) is 0 Å². The van der Waals surface area contributed by atoms with Crippen molar-refractivity contribution >= 4 is 23.2 Å². The first kappa shape index (κ1) is 5.06. The van der Waals surface area contributed by atoms with Crippen molar-refractivity contribution in [2.75, 3.05) is 0 Å². The minimum absolute atomic E-state index is 0.258. The Morgan fingerprint density at radius 2 is 2.00 bits per heavy atom. The first-order chi connectivity index (χ1) is 3.15. The summed E-state index contributed by atoms with van der Waals surface area (Å²) in [6.45, 7) is 3.33. The Morgan fingerprint density at radius 3 is 2.00 bits per heavy atom. The van der Waals surface area contributed by atoms with Crippen molar-refractivity contribution < 1.29 is 0 Å². The molecule has 0 atom stereocenters. The lowest BCUT2D eigenvalue weighted by atomic mass is 10.6. The summed E-state index contributed by atoms with van der Waals surface area (Å²) in [6, 6.07) is 0. The molecule has 0 aliphatic carbocycles. The van der Waals surface area contributed by atoms with Gasteiger partial charge in [0.1, 0.15) is 0 Å². The average molecular weight is 137 g/mol. The Bertz CT molecular complexity index is 134. The molecule has 0 aromatic carbocycles. The highest BCUT2D eigenvalue weighted by Gasteiger charge is 2.39. The highest BCUT2D eigenvalue weighted by atomic mass is 35.5. The van der Waals surface area contributed by atoms with E-state index in [2.05, 4.69) is 16.8 Å². The minimum atomic E-state index is -0.957. The fraction of sp³-hybridized carbons (Fsp3) is 0.333. The lowest BCUT2D eigenvalue weighted by molar-refractivity contribution is 1.07. The summed E-state index contributed by atoms with van der Waals surface area (Å²) >= 11 is 10.7. The Hall–Kier alpha value is -0.0800. The van der Waals surface area contributed by atoms with Gasteiger partial charge in [0, 0.05) is 0 Å². The molecular formula is C3H2Cl2N2. The van der Waals surface area contributed by atoms with Crippen molar-refractivity contribution in [3.63, 3.8) is 0 Å². The highest BCUT2D eigenvalue weighted by molar-refractivity contribution is 6.39. The van der Waals surface area contributed by atoms with E-state index >= 15 is 0 Å². The van der Waals surface area contributed by atoms with E-state index < -0.39 is 5.12 Å². The quantitative estimate of drug-likeness (QED) is 0.390. The summed E-state index contributed by atoms with van der Waals surface area (Å²) in [7, 11) is 0. The molecule has 4 heteroatoms. The molecular weight excluding hydrogens is 135 g/mol. The van der Waals surface area contributed by atoms with Gasteiger partial charge in [-0.15, -0.1) is 10.2 Å². The number of halogens is 2. The first-order valence-corrected chi connectivity index (χ1v) is 2.38. The van der Waals surface area contributed by atoms with Gasteiger partial charge in [0.05, 0.1) is 5.03 Å². The van der Waals surface area contributed by atoms with Crippen LogP contribution in [-0.4, -0.2) is 5.12 Å². The summed E-state index contributed by atoms with van der Waals surface area (Å²) in [5.41, 5.74) is 0. The van der Waals surface area contributed by atoms with Crippen LogP contribution < -0.4 is 0 Å². The topological polar surface area (TPSA) is 24.7 Å². The van der Waals surface area contributed by atoms with E-state index in [4.69, 9.17) is 23.2 Å². The smallest absolute Gasteiger partial charge is 0.134 e. The van der Waals surface area contributed by atoms with Crippen molar-refractivity contribution in [1.82, 2.24) is 0 Å². The number of hydrogen-bond acceptors (Lipinski definition) is 2. The molecule has 0 spiro atoms. The van der Waals surface area contributed by atoms with Crippen LogP contribution in [-0.2, 0) is 0 Å². The third kappa shape index (κ3) is 0.763. The van der Waals surface area contributed by atoms with E-state index in [-0.39, 0.29) is 5.03 Å². The summed E-state index contributed by atoms with van der Waals surface area (Å²) < 4.78 is 0. The van der Waals surface area contributed by atoms with Crippen LogP contribution in [0.4, 0.5) is 0 Å². The molecule has 0 unspecified atom stereocenters. The van der Waals surface area contributed by atoms with Gasteiger partial charge in [0.25, 0.3) is 5.12 Å². The molecule has 1 aliphatic rings. The third-order valence-corrected chi connectivity index (χ3v) is 1.36. The zero-order chi connectivity index (χ0) is 5.49. The van der Waals surface area contributed by atoms with Gasteiger partial charge < -0.3 is 0 Å². The second-order valence-electron chi connectivity index (χ2n) is 1.19. The molecule has 2 nitrogen and oxygen atoms in total. The molecule has 1 rings (SSSR count). The summed E-state index contributed by atoms with van der Waals surface area (Å²) in [5, 5.41) is 6.09. The van der Waals surface area contributed by atoms with Crippen molar-refractivity contribution in [3.8, 4) is 0 Å². The van der Waals surface area contributed by atoms with Crippen molar-refractivity contribution in [3.05, 3.63) is 11.6 Å². The van der Waals surface area contributed by atoms with Crippen LogP contribution in [0.15, 0.2) is 21.8 Å². The molecule has 0 aromatic heterocycles. The zero-order valence-corrected chi connectivity index (χ0v) is 4.87. The zero-order valence-electron chi connectivity index (χ0n) is 3.36. The SMILES string of the molecule is C=C(Cl)C1(Cl)N=N1. The van der Waals surface area contributed by atoms with Crippen molar-refractivity contribution in [1.29, 1.82) is 0 Å². The molecule has 0 N–H and O–H groups in total. The summed E-state index contributed by atoms with van der Waals surface area (Å²) in [4.78, 5) is 0. The van der Waals surface area contributed by atoms with Gasteiger partial charge >= 0.3 is 0 Å². The van der Waals surface area contributed by atoms with E-state index in [0.29, 0.717) is 0 Å². The van der Waals surface area contributed by atoms with Crippen LogP contribution in [0.1, 0.15) is 0 Å². The standard InChI is InChI=1S/C3H2Cl2N2/c1-2(4)3(5)6-7-3/h1H2. The Kier molecular flexibility index (Phi) is 0.869. The van der Waals surface area contributed by atoms with Crippen LogP contribution in [0.3, 0.4) is 0 Å². The normalized spacial score (nSPS) is 22.0. The fourth-order valence-electron chi connectivity index (χ4n) is 0.152. The Morgan fingerprint density at radius 1 is 1.57 bits per heavy atom. The van der Waals surface area contributed by atoms with Crippen LogP contribution >= 0.6 is 23.2 Å². The van der Waals surface area contributed by atoms with Crippen LogP contribution in [0, 0.1) is 0 Å². The van der Waals surface area contributed by atoms with E-state index in [9.17, 15) is 0 Å². The lowest BCUT2D eigenvalue weighted by Crippen LogP contribution is -1.95. The minimum Gasteiger partial charge on any atom is -0.134 e. The maximum Gasteiger partial charge on any atom is 0.298 e. The maximum absolute atomic E-state index is 5.41. The molecule has 1 heterocycles. The molecule has 38 valence electrons. The van der Waals surface area contributed by atoms with Crippen molar-refractivity contribution in [2.45, 2.75) is 5.12 Å². The molecule has 0 saturated carbocycles. The maximum atomic E-state index is 5.41. The van der Waals surface area contributed by atoms with Gasteiger partial charge in [0.2, 0.25) is 0 Å². The van der Waals surface area contributed by atoms with E-state index in [1.807, 2.05) is 0 Å². The molecule has 0 bridgehead atoms. The van der Waals surface area contributed by atoms with Gasteiger partial charge in [-0.1, -0.05) is 29.8 Å². The molecule has 0 saturated heterocycles. The molecule has 0 fully saturated rings. The fourth-order valence-corrected chi connectivity index (χ4v) is 0.266. The first-order valence-electron chi connectivity index (χ1n) is 1.63. The highest BCUT2D eigenvalue weighted by Crippen LogP contribution is 2.40. The predicted octanol–water partition coefficient (Wildman–Crippen LogP) is 2.10. The number of nitrogens with zero attached hydrogens (tertiary/aromatic N) is 2. The Labute approximate surface area is 50.8 Å². The number of rotatable bonds is 1. The van der Waals surface area contributed by atoms with Crippen LogP contribution in [0.5, 0.6) is 0 Å². The van der Waals surface area contributed by atoms with Gasteiger partial charge in [-0.3, -0.25) is 0 Å². The largest absolute Gasteiger partial charge is 0.298 e. The Balaban J connectivity index is 2.58. The van der Waals surface area contributed by atoms with Crippen molar-refractivity contribution in [2.24, 2.45) is 10.2 Å². The molecule has 1 aliphatic heterocycles. The van der Waals surface area contributed by atoms with E-state index in [0.717, 1.165) is 0 Å². The van der Waals surface area contributed by atoms with Crippen LogP contribution in [0.25, 0.3) is 0 Å². The third-order valence-electron chi connectivity index (χ3n) is 0.621. The lowest BCUT2D eigenvalue weighted by Gasteiger charge is -1.91. The van der Waals surface area contributed by atoms with Gasteiger partial charge in [-0.05, 0) is 0 Å². The van der Waals surface area contributed by atoms with Gasteiger partial charge in [-0.2, -0.15) is 0 Å². The molecule has 0 radical (unpaired) electrons. The number of hydrogen-bond donors (Lipinski definition) is 0. The average Bonchev–Trinajstić information content (AvgIpc) is 2.21. The molecule has 0 aromatic rings. The summed E-state index contributed by atoms with van der Waals surface area (Å²) in [5.74, 6) is 0. The second kappa shape index (κ2) is 1.20. The van der Waals surface area contributed by atoms with E-state index in [1.165, 1.54) is 0 Å². The molecule has 7 heavy (non-hydrogen) atoms. The van der Waals surface area contributed by atoms with Gasteiger partial charge in [0.15, 0.2) is 0 Å². The van der Waals surface area contributed by atoms with Crippen LogP contribution in [0.2, 0.25) is 0 Å².